The number of furan rings is 2. The van der Waals surface area contributed by atoms with Crippen LogP contribution in [0.1, 0.15) is 34.5 Å². The summed E-state index contributed by atoms with van der Waals surface area (Å²) in [7, 11) is 1.37. The molecule has 2 aromatic heterocycles. The van der Waals surface area contributed by atoms with Gasteiger partial charge in [-0.15, -0.1) is 11.0 Å². The van der Waals surface area contributed by atoms with Gasteiger partial charge in [-0.05, 0) is 55.8 Å². The molecule has 0 spiro atoms. The maximum absolute atomic E-state index is 12.6. The average Bonchev–Trinajstić information content (AvgIpc) is 3.18. The highest BCUT2D eigenvalue weighted by Crippen LogP contribution is 2.42. The first kappa shape index (κ1) is 16.9. The molecule has 0 saturated carbocycles. The molecule has 7 nitrogen and oxygen atoms in total. The normalized spacial score (nSPS) is 11.1. The molecule has 3 aromatic rings. The van der Waals surface area contributed by atoms with Crippen LogP contribution in [0, 0.1) is 13.8 Å². The number of ether oxygens (including phenoxy) is 1. The molecule has 7 heteroatoms. The first-order chi connectivity index (χ1) is 11.9. The summed E-state index contributed by atoms with van der Waals surface area (Å²) in [6.45, 7) is 3.62. The molecular weight excluding hydrogens is 326 g/mol. The van der Waals surface area contributed by atoms with Crippen molar-refractivity contribution in [2.75, 3.05) is 12.3 Å². The van der Waals surface area contributed by atoms with Crippen molar-refractivity contribution in [3.8, 4) is 11.5 Å². The van der Waals surface area contributed by atoms with E-state index >= 15 is 0 Å². The molecule has 0 bridgehead atoms. The summed E-state index contributed by atoms with van der Waals surface area (Å²) in [6, 6.07) is 9.71. The lowest BCUT2D eigenvalue weighted by Gasteiger charge is -2.24. The number of aryl methyl sites for hydroxylation is 2. The molecule has 0 saturated heterocycles. The van der Waals surface area contributed by atoms with Gasteiger partial charge in [0.15, 0.2) is 0 Å². The maximum atomic E-state index is 12.6. The van der Waals surface area contributed by atoms with Crippen LogP contribution in [0.5, 0.6) is 11.5 Å². The standard InChI is InChI=1S/C18H19NO6/c1-10-4-6-15(24-10)18(16-7-5-11(2)25-16)12-8-17(23-3)13(19(21)22)9-14(12)20/h4-9,18,20-22H,1-3H3/p-1. The Morgan fingerprint density at radius 2 is 1.56 bits per heavy atom. The largest absolute Gasteiger partial charge is 0.872 e. The molecule has 3 rings (SSSR count). The van der Waals surface area contributed by atoms with Gasteiger partial charge in [0.05, 0.1) is 13.0 Å². The summed E-state index contributed by atoms with van der Waals surface area (Å²) in [4.78, 5) is 0. The van der Waals surface area contributed by atoms with E-state index < -0.39 is 11.7 Å². The zero-order chi connectivity index (χ0) is 18.1. The van der Waals surface area contributed by atoms with Gasteiger partial charge < -0.3 is 18.7 Å². The van der Waals surface area contributed by atoms with Gasteiger partial charge in [-0.2, -0.15) is 0 Å². The van der Waals surface area contributed by atoms with Crippen molar-refractivity contribution < 1.29 is 29.1 Å². The molecule has 132 valence electrons. The molecule has 0 amide bonds. The quantitative estimate of drug-likeness (QED) is 0.684. The fourth-order valence-electron chi connectivity index (χ4n) is 2.77. The second-order valence-electron chi connectivity index (χ2n) is 5.68. The number of hydrogen-bond acceptors (Lipinski definition) is 7. The number of benzene rings is 1. The highest BCUT2D eigenvalue weighted by molar-refractivity contribution is 5.62. The maximum Gasteiger partial charge on any atom is 0.147 e. The summed E-state index contributed by atoms with van der Waals surface area (Å²) in [5.74, 6) is 1.65. The number of anilines is 1. The number of nitrogens with zero attached hydrogens (tertiary/aromatic N) is 1. The Morgan fingerprint density at radius 1 is 1.00 bits per heavy atom. The number of hydrogen-bond donors (Lipinski definition) is 2. The van der Waals surface area contributed by atoms with Crippen molar-refractivity contribution in [2.45, 2.75) is 19.8 Å². The third-order valence-corrected chi connectivity index (χ3v) is 3.93. The van der Waals surface area contributed by atoms with Crippen LogP contribution in [0.2, 0.25) is 0 Å². The third kappa shape index (κ3) is 3.19. The minimum Gasteiger partial charge on any atom is -0.872 e. The molecule has 1 aromatic carbocycles. The fourth-order valence-corrected chi connectivity index (χ4v) is 2.77. The highest BCUT2D eigenvalue weighted by Gasteiger charge is 2.25. The van der Waals surface area contributed by atoms with Gasteiger partial charge in [0.2, 0.25) is 0 Å². The first-order valence-corrected chi connectivity index (χ1v) is 7.60. The number of methoxy groups -OCH3 is 1. The molecule has 2 heterocycles. The second-order valence-corrected chi connectivity index (χ2v) is 5.68. The van der Waals surface area contributed by atoms with Crippen molar-refractivity contribution in [1.29, 1.82) is 0 Å². The van der Waals surface area contributed by atoms with Crippen molar-refractivity contribution in [3.05, 3.63) is 65.0 Å². The van der Waals surface area contributed by atoms with E-state index in [1.165, 1.54) is 13.2 Å². The Bertz CT molecular complexity index is 839. The first-order valence-electron chi connectivity index (χ1n) is 7.60. The van der Waals surface area contributed by atoms with Crippen LogP contribution >= 0.6 is 0 Å². The van der Waals surface area contributed by atoms with E-state index in [-0.39, 0.29) is 16.7 Å². The monoisotopic (exact) mass is 344 g/mol. The van der Waals surface area contributed by atoms with E-state index in [0.29, 0.717) is 28.6 Å². The second kappa shape index (κ2) is 6.54. The van der Waals surface area contributed by atoms with Gasteiger partial charge in [0.25, 0.3) is 0 Å². The Labute approximate surface area is 144 Å². The van der Waals surface area contributed by atoms with Crippen LogP contribution < -0.4 is 15.1 Å². The van der Waals surface area contributed by atoms with Gasteiger partial charge in [-0.1, -0.05) is 0 Å². The van der Waals surface area contributed by atoms with Gasteiger partial charge in [-0.3, -0.25) is 10.4 Å². The van der Waals surface area contributed by atoms with Crippen LogP contribution in [-0.2, 0) is 0 Å². The van der Waals surface area contributed by atoms with E-state index in [1.807, 2.05) is 13.8 Å². The Hall–Kier alpha value is -2.90. The van der Waals surface area contributed by atoms with E-state index in [1.54, 1.807) is 24.3 Å². The minimum absolute atomic E-state index is 0.135. The molecule has 0 radical (unpaired) electrons. The zero-order valence-corrected chi connectivity index (χ0v) is 14.0. The molecule has 0 aliphatic heterocycles. The lowest BCUT2D eigenvalue weighted by Crippen LogP contribution is -2.14. The predicted octanol–water partition coefficient (Wildman–Crippen LogP) is 3.34. The van der Waals surface area contributed by atoms with Crippen LogP contribution in [0.25, 0.3) is 0 Å². The van der Waals surface area contributed by atoms with Crippen LogP contribution in [-0.4, -0.2) is 17.5 Å². The van der Waals surface area contributed by atoms with E-state index in [0.717, 1.165) is 6.07 Å². The summed E-state index contributed by atoms with van der Waals surface area (Å²) in [6.07, 6.45) is 0. The summed E-state index contributed by atoms with van der Waals surface area (Å²) >= 11 is 0. The van der Waals surface area contributed by atoms with E-state index in [4.69, 9.17) is 13.6 Å². The Morgan fingerprint density at radius 3 is 1.96 bits per heavy atom. The smallest absolute Gasteiger partial charge is 0.147 e. The summed E-state index contributed by atoms with van der Waals surface area (Å²) in [5.41, 5.74) is 0.187. The Balaban J connectivity index is 2.20. The summed E-state index contributed by atoms with van der Waals surface area (Å²) in [5, 5.41) is 31.0. The van der Waals surface area contributed by atoms with Gasteiger partial charge in [0, 0.05) is 0 Å². The van der Waals surface area contributed by atoms with Crippen molar-refractivity contribution >= 4 is 5.69 Å². The topological polar surface area (TPSA) is 102 Å². The molecule has 0 atom stereocenters. The van der Waals surface area contributed by atoms with Crippen LogP contribution in [0.3, 0.4) is 0 Å². The van der Waals surface area contributed by atoms with E-state index in [9.17, 15) is 15.5 Å². The third-order valence-electron chi connectivity index (χ3n) is 3.93. The number of rotatable bonds is 5. The van der Waals surface area contributed by atoms with Crippen molar-refractivity contribution in [1.82, 2.24) is 0 Å². The van der Waals surface area contributed by atoms with E-state index in [2.05, 4.69) is 0 Å². The van der Waals surface area contributed by atoms with Crippen molar-refractivity contribution in [3.63, 3.8) is 0 Å². The average molecular weight is 344 g/mol. The fraction of sp³-hybridized carbons (Fsp3) is 0.222. The van der Waals surface area contributed by atoms with Crippen molar-refractivity contribution in [2.24, 2.45) is 0 Å². The van der Waals surface area contributed by atoms with Crippen LogP contribution in [0.4, 0.5) is 5.69 Å². The van der Waals surface area contributed by atoms with Crippen LogP contribution in [0.15, 0.2) is 45.2 Å². The molecule has 2 N–H and O–H groups in total. The highest BCUT2D eigenvalue weighted by atomic mass is 16.8. The minimum atomic E-state index is -0.580. The molecular formula is C18H18NO6-. The van der Waals surface area contributed by atoms with Gasteiger partial charge >= 0.3 is 0 Å². The molecule has 0 aliphatic carbocycles. The molecule has 0 unspecified atom stereocenters. The molecule has 25 heavy (non-hydrogen) atoms. The SMILES string of the molecule is COc1cc(C(c2ccc(C)o2)c2ccc(C)o2)c([O-])cc1N(O)O. The predicted molar refractivity (Wildman–Crippen MR) is 86.3 cm³/mol. The van der Waals surface area contributed by atoms with Gasteiger partial charge in [-0.25, -0.2) is 0 Å². The summed E-state index contributed by atoms with van der Waals surface area (Å²) < 4.78 is 16.6. The van der Waals surface area contributed by atoms with Gasteiger partial charge in [0.1, 0.15) is 34.5 Å². The lowest BCUT2D eigenvalue weighted by atomic mass is 9.92. The Kier molecular flexibility index (Phi) is 4.43. The zero-order valence-electron chi connectivity index (χ0n) is 14.0. The molecule has 0 fully saturated rings. The lowest BCUT2D eigenvalue weighted by molar-refractivity contribution is -0.269. The molecule has 0 aliphatic rings.